The smallest absolute Gasteiger partial charge is 0.328 e. The number of anilines is 1. The van der Waals surface area contributed by atoms with E-state index in [1.165, 1.54) is 26.8 Å². The molecule has 0 aliphatic carbocycles. The number of aliphatic hydroxyl groups excluding tert-OH is 2. The first-order chi connectivity index (χ1) is 34.5. The minimum absolute atomic E-state index is 0.00113. The molecule has 2 aromatic carbocycles. The Balaban J connectivity index is 1.47. The van der Waals surface area contributed by atoms with Gasteiger partial charge in [-0.25, -0.2) is 4.79 Å². The quantitative estimate of drug-likeness (QED) is 0.124. The maximum atomic E-state index is 14.6. The van der Waals surface area contributed by atoms with E-state index in [0.29, 0.717) is 16.7 Å². The van der Waals surface area contributed by atoms with E-state index in [1.54, 1.807) is 31.2 Å². The van der Waals surface area contributed by atoms with Gasteiger partial charge in [-0.05, 0) is 87.3 Å². The van der Waals surface area contributed by atoms with E-state index in [2.05, 4.69) is 53.2 Å². The number of carboxylic acid groups (broad SMARTS) is 1. The van der Waals surface area contributed by atoms with Crippen molar-refractivity contribution in [1.29, 1.82) is 0 Å². The lowest BCUT2D eigenvalue weighted by Gasteiger charge is -2.38. The molecule has 2 unspecified atom stereocenters. The van der Waals surface area contributed by atoms with Crippen molar-refractivity contribution in [1.82, 2.24) is 47.9 Å². The number of carbonyl (C=O) groups excluding carboxylic acids is 9. The van der Waals surface area contributed by atoms with Crippen molar-refractivity contribution in [2.45, 2.75) is 126 Å². The van der Waals surface area contributed by atoms with Gasteiger partial charge in [-0.2, -0.15) is 0 Å². The molecule has 7 rings (SSSR count). The second kappa shape index (κ2) is 21.3. The number of nitrogens with two attached hydrogens (primary N) is 1. The molecule has 73 heavy (non-hydrogen) atoms. The number of para-hydroxylation sites is 1. The summed E-state index contributed by atoms with van der Waals surface area (Å²) in [4.78, 5) is 136. The number of ether oxygens (including phenoxy) is 2. The first-order valence-electron chi connectivity index (χ1n) is 23.8. The normalized spacial score (nSPS) is 30.4. The van der Waals surface area contributed by atoms with Gasteiger partial charge >= 0.3 is 5.97 Å². The van der Waals surface area contributed by atoms with E-state index in [1.807, 2.05) is 6.92 Å². The lowest BCUT2D eigenvalue weighted by molar-refractivity contribution is -0.145. The van der Waals surface area contributed by atoms with Crippen LogP contribution < -0.4 is 68.4 Å². The van der Waals surface area contributed by atoms with Gasteiger partial charge in [0.05, 0.1) is 43.4 Å². The summed E-state index contributed by atoms with van der Waals surface area (Å²) in [5.41, 5.74) is 4.00. The molecule has 5 aliphatic heterocycles. The van der Waals surface area contributed by atoms with Crippen LogP contribution in [-0.4, -0.2) is 155 Å². The number of fused-ring (bicyclic) bond motifs is 4. The van der Waals surface area contributed by atoms with E-state index < -0.39 is 157 Å². The fraction of sp³-hybridized carbons (Fsp3) is 0.532. The number of amides is 9. The molecule has 26 nitrogen and oxygen atoms in total. The number of rotatable bonds is 7. The van der Waals surface area contributed by atoms with Crippen LogP contribution in [0.4, 0.5) is 5.69 Å². The van der Waals surface area contributed by atoms with Crippen LogP contribution in [0.3, 0.4) is 0 Å². The van der Waals surface area contributed by atoms with Gasteiger partial charge in [0, 0.05) is 5.56 Å². The number of benzene rings is 2. The van der Waals surface area contributed by atoms with Crippen LogP contribution in [0.15, 0.2) is 30.3 Å². The molecule has 5 aliphatic rings. The molecule has 0 saturated heterocycles. The Kier molecular flexibility index (Phi) is 15.5. The topological polar surface area (TPSA) is 396 Å². The number of nitrogens with one attached hydrogen (secondary N) is 10. The van der Waals surface area contributed by atoms with Gasteiger partial charge in [-0.3, -0.25) is 43.2 Å². The van der Waals surface area contributed by atoms with Crippen LogP contribution >= 0.6 is 0 Å². The van der Waals surface area contributed by atoms with Crippen molar-refractivity contribution >= 4 is 64.8 Å². The third-order valence-corrected chi connectivity index (χ3v) is 13.9. The maximum Gasteiger partial charge on any atom is 0.328 e. The maximum absolute atomic E-state index is 14.6. The Bertz CT molecular complexity index is 2610. The van der Waals surface area contributed by atoms with Crippen LogP contribution in [0, 0.1) is 5.92 Å². The Morgan fingerprint density at radius 1 is 0.863 bits per heavy atom. The molecule has 5 heterocycles. The summed E-state index contributed by atoms with van der Waals surface area (Å²) in [5.74, 6) is -9.69. The highest BCUT2D eigenvalue weighted by atomic mass is 16.5. The Labute approximate surface area is 417 Å². The SMILES string of the molecule is CC[C@@]1(C)Oc2cccc3c2N[C@@H]2Oc4c5cc6cc4[C@]32C[C@H](NC(=O)[C@H](C)NC(=O)CNC(=O)[C@@H](NC(=O)[C@@H](NC(=O)C(C)N)C[C@@H](C)C5)[C@@H]6O)C(=O)NCC(=O)NCC(=O)NC1C(=O)N[C@@H](CO)C(=O)O. The predicted octanol–water partition coefficient (Wildman–Crippen LogP) is -4.60. The van der Waals surface area contributed by atoms with E-state index in [0.717, 1.165) is 0 Å². The van der Waals surface area contributed by atoms with Gasteiger partial charge in [-0.15, -0.1) is 0 Å². The lowest BCUT2D eigenvalue weighted by Crippen LogP contribution is -2.64. The molecule has 2 aromatic rings. The van der Waals surface area contributed by atoms with Crippen LogP contribution in [0.5, 0.6) is 11.5 Å². The molecule has 12 atom stereocenters. The summed E-state index contributed by atoms with van der Waals surface area (Å²) >= 11 is 0. The third kappa shape index (κ3) is 10.8. The molecule has 0 fully saturated rings. The Morgan fingerprint density at radius 3 is 2.23 bits per heavy atom. The Hall–Kier alpha value is -7.58. The summed E-state index contributed by atoms with van der Waals surface area (Å²) in [6.45, 7) is 4.46. The van der Waals surface area contributed by atoms with E-state index >= 15 is 0 Å². The fourth-order valence-corrected chi connectivity index (χ4v) is 9.76. The zero-order chi connectivity index (χ0) is 53.3. The molecule has 1 spiro atoms. The molecule has 9 amide bonds. The molecule has 15 N–H and O–H groups in total. The van der Waals surface area contributed by atoms with Crippen molar-refractivity contribution in [3.63, 3.8) is 0 Å². The number of aliphatic hydroxyl groups is 2. The standard InChI is InChI=1S/C47H61N11O15/c1-6-46(5)37(43(69)55-28(18-59)44(70)71)56-32(62)16-49-30(60)15-50-40(66)27-14-47-24-8-7-9-29(73-46)33(24)58-45(47)72-36-23-10-19(2)11-26(53-38(64)20(3)48)41(67)57-34(35(63)22(12-23)13-25(36)47)42(68)51-17-31(61)52-21(4)39(65)54-27/h7-9,12-13,19-21,26-28,34-35,37,45,58-59,63H,6,10-11,14-18,48H2,1-5H3,(H,49,60)(H,50,66)(H,51,68)(H,52,61)(H,53,64)(H,54,65)(H,55,69)(H,56,62)(H,57,67)(H,70,71)/t19-,20?,21-,26-,27-,28-,34-,35+,37?,45+,46+,47-/m0/s1. The van der Waals surface area contributed by atoms with Crippen LogP contribution in [0.1, 0.15) is 82.2 Å². The van der Waals surface area contributed by atoms with Crippen molar-refractivity contribution in [2.75, 3.05) is 31.6 Å². The number of carboxylic acids is 1. The van der Waals surface area contributed by atoms with Gasteiger partial charge in [0.25, 0.3) is 0 Å². The average molecular weight is 1020 g/mol. The summed E-state index contributed by atoms with van der Waals surface area (Å²) in [6.07, 6.45) is -3.31. The second-order valence-corrected chi connectivity index (χ2v) is 19.3. The molecule has 9 bridgehead atoms. The summed E-state index contributed by atoms with van der Waals surface area (Å²) < 4.78 is 13.6. The summed E-state index contributed by atoms with van der Waals surface area (Å²) in [6, 6.07) is -2.51. The first kappa shape index (κ1) is 53.2. The zero-order valence-corrected chi connectivity index (χ0v) is 40.6. The summed E-state index contributed by atoms with van der Waals surface area (Å²) in [5, 5.41) is 57.7. The van der Waals surface area contributed by atoms with Gasteiger partial charge in [0.15, 0.2) is 6.23 Å². The zero-order valence-electron chi connectivity index (χ0n) is 40.6. The van der Waals surface area contributed by atoms with Crippen molar-refractivity contribution in [3.05, 3.63) is 52.6 Å². The largest absolute Gasteiger partial charge is 0.483 e. The number of carbonyl (C=O) groups is 10. The van der Waals surface area contributed by atoms with Crippen LogP contribution in [0.2, 0.25) is 0 Å². The van der Waals surface area contributed by atoms with Crippen LogP contribution in [-0.2, 0) is 59.8 Å². The number of hydrogen-bond acceptors (Lipinski definition) is 16. The first-order valence-corrected chi connectivity index (χ1v) is 23.8. The minimum Gasteiger partial charge on any atom is -0.483 e. The highest BCUT2D eigenvalue weighted by Gasteiger charge is 2.59. The minimum atomic E-state index is -1.86. The van der Waals surface area contributed by atoms with Gasteiger partial charge < -0.3 is 83.7 Å². The average Bonchev–Trinajstić information content (AvgIpc) is 3.82. The molecule has 0 aromatic heterocycles. The molecule has 0 radical (unpaired) electrons. The van der Waals surface area contributed by atoms with E-state index in [4.69, 9.17) is 15.2 Å². The molecular formula is C47H61N11O15. The molecule has 394 valence electrons. The third-order valence-electron chi connectivity index (χ3n) is 13.9. The highest BCUT2D eigenvalue weighted by molar-refractivity contribution is 5.97. The Morgan fingerprint density at radius 2 is 1.55 bits per heavy atom. The number of hydrogen-bond donors (Lipinski definition) is 14. The van der Waals surface area contributed by atoms with Crippen molar-refractivity contribution < 1.29 is 72.7 Å². The fourth-order valence-electron chi connectivity index (χ4n) is 9.76. The molecule has 26 heteroatoms. The second-order valence-electron chi connectivity index (χ2n) is 19.3. The highest BCUT2D eigenvalue weighted by Crippen LogP contribution is 2.60. The van der Waals surface area contributed by atoms with Gasteiger partial charge in [0.2, 0.25) is 53.2 Å². The van der Waals surface area contributed by atoms with Crippen molar-refractivity contribution in [2.24, 2.45) is 11.7 Å². The predicted molar refractivity (Wildman–Crippen MR) is 253 cm³/mol. The van der Waals surface area contributed by atoms with Gasteiger partial charge in [-0.1, -0.05) is 26.0 Å². The van der Waals surface area contributed by atoms with Crippen LogP contribution in [0.25, 0.3) is 0 Å². The number of aliphatic carboxylic acids is 1. The van der Waals surface area contributed by atoms with Crippen molar-refractivity contribution in [3.8, 4) is 11.5 Å². The van der Waals surface area contributed by atoms with E-state index in [9.17, 15) is 63.3 Å². The van der Waals surface area contributed by atoms with Gasteiger partial charge in [0.1, 0.15) is 59.5 Å². The lowest BCUT2D eigenvalue weighted by atomic mass is 9.70. The molecule has 0 saturated carbocycles. The molecular weight excluding hydrogens is 959 g/mol. The monoisotopic (exact) mass is 1020 g/mol. The van der Waals surface area contributed by atoms with E-state index in [-0.39, 0.29) is 48.4 Å². The summed E-state index contributed by atoms with van der Waals surface area (Å²) in [7, 11) is 0.